The van der Waals surface area contributed by atoms with E-state index in [0.717, 1.165) is 23.4 Å². The monoisotopic (exact) mass is 250 g/mol. The molecule has 2 aromatic heterocycles. The van der Waals surface area contributed by atoms with E-state index < -0.39 is 0 Å². The fourth-order valence-corrected chi connectivity index (χ4v) is 1.73. The summed E-state index contributed by atoms with van der Waals surface area (Å²) in [6.07, 6.45) is 3.97. The average molecular weight is 250 g/mol. The Morgan fingerprint density at radius 3 is 3.00 bits per heavy atom. The van der Waals surface area contributed by atoms with E-state index >= 15 is 0 Å². The maximum Gasteiger partial charge on any atom is 0.163 e. The van der Waals surface area contributed by atoms with Crippen molar-refractivity contribution in [2.75, 3.05) is 18.5 Å². The highest BCUT2D eigenvalue weighted by molar-refractivity contribution is 7.80. The lowest BCUT2D eigenvalue weighted by Gasteiger charge is -2.17. The van der Waals surface area contributed by atoms with E-state index in [9.17, 15) is 0 Å². The van der Waals surface area contributed by atoms with Gasteiger partial charge in [0.25, 0.3) is 0 Å². The number of hydrogen-bond donors (Lipinski definition) is 1. The first-order valence-corrected chi connectivity index (χ1v) is 5.62. The van der Waals surface area contributed by atoms with Gasteiger partial charge in [0.2, 0.25) is 0 Å². The molecular weight excluding hydrogens is 236 g/mol. The Hall–Kier alpha value is -1.76. The second-order valence-electron chi connectivity index (χ2n) is 3.84. The maximum atomic E-state index is 5.49. The van der Waals surface area contributed by atoms with Gasteiger partial charge in [-0.05, 0) is 0 Å². The molecule has 2 heterocycles. The van der Waals surface area contributed by atoms with Crippen LogP contribution in [0.4, 0.5) is 5.82 Å². The van der Waals surface area contributed by atoms with Crippen molar-refractivity contribution in [3.63, 3.8) is 0 Å². The van der Waals surface area contributed by atoms with Crippen molar-refractivity contribution in [2.45, 2.75) is 6.42 Å². The topological polar surface area (TPSA) is 72.9 Å². The molecule has 0 saturated carbocycles. The smallest absolute Gasteiger partial charge is 0.163 e. The Bertz CT molecular complexity index is 549. The van der Waals surface area contributed by atoms with E-state index in [2.05, 4.69) is 15.1 Å². The van der Waals surface area contributed by atoms with Gasteiger partial charge in [0.1, 0.15) is 12.1 Å². The summed E-state index contributed by atoms with van der Waals surface area (Å²) in [5, 5.41) is 5.10. The van der Waals surface area contributed by atoms with Crippen LogP contribution < -0.4 is 10.6 Å². The van der Waals surface area contributed by atoms with E-state index in [0.29, 0.717) is 11.4 Å². The van der Waals surface area contributed by atoms with E-state index in [1.807, 2.05) is 19.0 Å². The third kappa shape index (κ3) is 2.33. The molecule has 0 aliphatic heterocycles. The first-order valence-electron chi connectivity index (χ1n) is 5.21. The molecule has 2 rings (SSSR count). The lowest BCUT2D eigenvalue weighted by atomic mass is 10.3. The number of nitrogens with two attached hydrogens (primary N) is 1. The summed E-state index contributed by atoms with van der Waals surface area (Å²) in [6, 6.07) is 0. The van der Waals surface area contributed by atoms with Crippen LogP contribution in [-0.4, -0.2) is 38.3 Å². The number of fused-ring (bicyclic) bond motifs is 1. The zero-order valence-corrected chi connectivity index (χ0v) is 10.6. The van der Waals surface area contributed by atoms with E-state index in [-0.39, 0.29) is 0 Å². The molecule has 0 radical (unpaired) electrons. The van der Waals surface area contributed by atoms with E-state index in [1.165, 1.54) is 6.33 Å². The molecule has 0 spiro atoms. The van der Waals surface area contributed by atoms with Crippen molar-refractivity contribution in [2.24, 2.45) is 12.8 Å². The van der Waals surface area contributed by atoms with Gasteiger partial charge >= 0.3 is 0 Å². The van der Waals surface area contributed by atoms with Crippen LogP contribution in [0.25, 0.3) is 11.0 Å². The number of aromatic nitrogens is 4. The highest BCUT2D eigenvalue weighted by atomic mass is 32.1. The number of rotatable bonds is 4. The molecule has 0 atom stereocenters. The zero-order chi connectivity index (χ0) is 12.4. The molecular formula is C10H14N6S. The fraction of sp³-hybridized carbons (Fsp3) is 0.400. The molecule has 6 nitrogen and oxygen atoms in total. The lowest BCUT2D eigenvalue weighted by Crippen LogP contribution is -2.24. The fourth-order valence-electron chi connectivity index (χ4n) is 1.64. The summed E-state index contributed by atoms with van der Waals surface area (Å²) in [7, 11) is 3.81. The van der Waals surface area contributed by atoms with Gasteiger partial charge in [-0.1, -0.05) is 12.2 Å². The molecule has 0 bridgehead atoms. The van der Waals surface area contributed by atoms with Gasteiger partial charge in [0, 0.05) is 27.1 Å². The molecule has 0 aliphatic carbocycles. The van der Waals surface area contributed by atoms with Gasteiger partial charge in [0.15, 0.2) is 5.65 Å². The second kappa shape index (κ2) is 4.62. The molecule has 0 amide bonds. The summed E-state index contributed by atoms with van der Waals surface area (Å²) in [5.41, 5.74) is 6.31. The van der Waals surface area contributed by atoms with Gasteiger partial charge in [-0.2, -0.15) is 5.10 Å². The summed E-state index contributed by atoms with van der Waals surface area (Å²) < 4.78 is 1.72. The number of aryl methyl sites for hydroxylation is 1. The standard InChI is InChI=1S/C10H14N6S/c1-15(4-3-8(11)17)9-7-5-14-16(2)10(7)13-6-12-9/h5-6H,3-4H2,1-2H3,(H2,11,17). The van der Waals surface area contributed by atoms with Crippen LogP contribution in [-0.2, 0) is 7.05 Å². The van der Waals surface area contributed by atoms with Crippen LogP contribution in [0.15, 0.2) is 12.5 Å². The second-order valence-corrected chi connectivity index (χ2v) is 4.36. The van der Waals surface area contributed by atoms with Crippen LogP contribution in [0.3, 0.4) is 0 Å². The molecule has 7 heteroatoms. The molecule has 0 aromatic carbocycles. The van der Waals surface area contributed by atoms with Crippen LogP contribution in [0.5, 0.6) is 0 Å². The third-order valence-electron chi connectivity index (χ3n) is 2.56. The molecule has 17 heavy (non-hydrogen) atoms. The van der Waals surface area contributed by atoms with Crippen LogP contribution >= 0.6 is 12.2 Å². The minimum absolute atomic E-state index is 0.508. The molecule has 0 unspecified atom stereocenters. The predicted molar refractivity (Wildman–Crippen MR) is 71.0 cm³/mol. The third-order valence-corrected chi connectivity index (χ3v) is 2.77. The van der Waals surface area contributed by atoms with Gasteiger partial charge in [-0.25, -0.2) is 9.97 Å². The minimum atomic E-state index is 0.508. The molecule has 0 fully saturated rings. The van der Waals surface area contributed by atoms with Crippen LogP contribution in [0.2, 0.25) is 0 Å². The van der Waals surface area contributed by atoms with Crippen molar-refractivity contribution in [3.05, 3.63) is 12.5 Å². The lowest BCUT2D eigenvalue weighted by molar-refractivity contribution is 0.785. The summed E-state index contributed by atoms with van der Waals surface area (Å²) >= 11 is 4.87. The average Bonchev–Trinajstić information content (AvgIpc) is 2.68. The van der Waals surface area contributed by atoms with Crippen LogP contribution in [0, 0.1) is 0 Å². The maximum absolute atomic E-state index is 5.49. The Morgan fingerprint density at radius 2 is 2.29 bits per heavy atom. The SMILES string of the molecule is CN(CCC(N)=S)c1ncnc2c1cnn2C. The highest BCUT2D eigenvalue weighted by Crippen LogP contribution is 2.20. The first-order chi connectivity index (χ1) is 8.09. The number of nitrogens with zero attached hydrogens (tertiary/aromatic N) is 5. The Kier molecular flexibility index (Phi) is 3.19. The minimum Gasteiger partial charge on any atom is -0.393 e. The Labute approximate surface area is 104 Å². The molecule has 2 aromatic rings. The first kappa shape index (κ1) is 11.7. The number of anilines is 1. The van der Waals surface area contributed by atoms with Crippen molar-refractivity contribution in [1.82, 2.24) is 19.7 Å². The number of thiocarbonyl (C=S) groups is 1. The number of hydrogen-bond acceptors (Lipinski definition) is 5. The Morgan fingerprint density at radius 1 is 1.53 bits per heavy atom. The van der Waals surface area contributed by atoms with Crippen molar-refractivity contribution >= 4 is 34.1 Å². The summed E-state index contributed by atoms with van der Waals surface area (Å²) in [4.78, 5) is 11.0. The normalized spacial score (nSPS) is 10.7. The van der Waals surface area contributed by atoms with Crippen LogP contribution in [0.1, 0.15) is 6.42 Å². The van der Waals surface area contributed by atoms with E-state index in [4.69, 9.17) is 18.0 Å². The van der Waals surface area contributed by atoms with Gasteiger partial charge in [-0.15, -0.1) is 0 Å². The summed E-state index contributed by atoms with van der Waals surface area (Å²) in [5.74, 6) is 0.847. The quantitative estimate of drug-likeness (QED) is 0.796. The molecule has 2 N–H and O–H groups in total. The van der Waals surface area contributed by atoms with E-state index in [1.54, 1.807) is 10.9 Å². The highest BCUT2D eigenvalue weighted by Gasteiger charge is 2.11. The van der Waals surface area contributed by atoms with Crippen molar-refractivity contribution < 1.29 is 0 Å². The molecule has 0 aliphatic rings. The molecule has 90 valence electrons. The van der Waals surface area contributed by atoms with Gasteiger partial charge in [0.05, 0.1) is 16.6 Å². The predicted octanol–water partition coefficient (Wildman–Crippen LogP) is 0.476. The van der Waals surface area contributed by atoms with Crippen molar-refractivity contribution in [1.29, 1.82) is 0 Å². The Balaban J connectivity index is 2.31. The van der Waals surface area contributed by atoms with Crippen molar-refractivity contribution in [3.8, 4) is 0 Å². The zero-order valence-electron chi connectivity index (χ0n) is 9.79. The molecule has 0 saturated heterocycles. The largest absolute Gasteiger partial charge is 0.393 e. The van der Waals surface area contributed by atoms with Gasteiger partial charge < -0.3 is 10.6 Å². The summed E-state index contributed by atoms with van der Waals surface area (Å²) in [6.45, 7) is 0.732. The van der Waals surface area contributed by atoms with Gasteiger partial charge in [-0.3, -0.25) is 4.68 Å².